The molecule has 1 aromatic carbocycles. The zero-order chi connectivity index (χ0) is 25.6. The number of likely N-dealkylation sites (N-methyl/N-ethyl adjacent to an activating group) is 2. The number of nitro groups is 1. The number of likely N-dealkylation sites (tertiary alicyclic amines) is 1. The molecule has 2 fully saturated rings. The fourth-order valence-electron chi connectivity index (χ4n) is 7.20. The molecule has 1 amide bonds. The van der Waals surface area contributed by atoms with Crippen molar-refractivity contribution in [2.75, 3.05) is 20.6 Å². The Morgan fingerprint density at radius 1 is 1.42 bits per heavy atom. The van der Waals surface area contributed by atoms with Gasteiger partial charge in [-0.15, -0.1) is 11.3 Å². The van der Waals surface area contributed by atoms with E-state index in [0.29, 0.717) is 43.4 Å². The molecular formula is C25H26BrN3O6S. The van der Waals surface area contributed by atoms with E-state index < -0.39 is 22.0 Å². The Bertz CT molecular complexity index is 1330. The SMILES string of the molecule is CN1CC[C@]23c4c5c([N+](=O)[O-])cc(O)c4O[C@H]2[C@@H](N(C)C(=O)/C=C/c2cc(Br)cs2)CC[C@@]3(O)[C@H]1C5. The molecule has 4 aliphatic rings. The summed E-state index contributed by atoms with van der Waals surface area (Å²) in [5.74, 6) is -0.268. The highest BCUT2D eigenvalue weighted by Crippen LogP contribution is 2.66. The summed E-state index contributed by atoms with van der Waals surface area (Å²) in [7, 11) is 3.67. The number of phenolic OH excluding ortho intramolecular Hbond substituents is 1. The Kier molecular flexibility index (Phi) is 5.32. The van der Waals surface area contributed by atoms with E-state index in [0.717, 1.165) is 15.4 Å². The van der Waals surface area contributed by atoms with Gasteiger partial charge in [-0.3, -0.25) is 14.9 Å². The van der Waals surface area contributed by atoms with Gasteiger partial charge in [0, 0.05) is 45.0 Å². The number of amides is 1. The minimum absolute atomic E-state index is 0.145. The highest BCUT2D eigenvalue weighted by molar-refractivity contribution is 9.10. The number of carbonyl (C=O) groups excluding carboxylic acids is 1. The van der Waals surface area contributed by atoms with E-state index >= 15 is 0 Å². The number of aromatic hydroxyl groups is 1. The van der Waals surface area contributed by atoms with Crippen LogP contribution in [0.5, 0.6) is 11.5 Å². The van der Waals surface area contributed by atoms with Crippen LogP contribution in [0.15, 0.2) is 28.1 Å². The van der Waals surface area contributed by atoms with Crippen molar-refractivity contribution in [3.63, 3.8) is 0 Å². The maximum atomic E-state index is 13.2. The first-order valence-corrected chi connectivity index (χ1v) is 13.6. The number of rotatable bonds is 4. The van der Waals surface area contributed by atoms with E-state index in [9.17, 15) is 25.1 Å². The minimum Gasteiger partial charge on any atom is -0.504 e. The second-order valence-electron chi connectivity index (χ2n) is 10.3. The van der Waals surface area contributed by atoms with Crippen LogP contribution in [-0.4, -0.2) is 75.3 Å². The largest absolute Gasteiger partial charge is 0.504 e. The van der Waals surface area contributed by atoms with Crippen molar-refractivity contribution >= 4 is 44.9 Å². The van der Waals surface area contributed by atoms with E-state index in [4.69, 9.17) is 4.74 Å². The Morgan fingerprint density at radius 2 is 2.19 bits per heavy atom. The zero-order valence-corrected chi connectivity index (χ0v) is 22.2. The molecule has 3 heterocycles. The molecule has 11 heteroatoms. The number of ether oxygens (including phenoxy) is 1. The van der Waals surface area contributed by atoms with E-state index in [1.54, 1.807) is 18.0 Å². The maximum Gasteiger partial charge on any atom is 0.276 e. The third-order valence-electron chi connectivity index (χ3n) is 8.82. The van der Waals surface area contributed by atoms with E-state index in [1.165, 1.54) is 17.4 Å². The Hall–Kier alpha value is -2.47. The molecule has 2 N–H and O–H groups in total. The number of nitrogens with zero attached hydrogens (tertiary/aromatic N) is 3. The lowest BCUT2D eigenvalue weighted by Crippen LogP contribution is -2.77. The van der Waals surface area contributed by atoms with Gasteiger partial charge in [0.1, 0.15) is 6.10 Å². The van der Waals surface area contributed by atoms with E-state index in [1.807, 2.05) is 18.5 Å². The fourth-order valence-corrected chi connectivity index (χ4v) is 8.54. The Balaban J connectivity index is 1.44. The number of carbonyl (C=O) groups is 1. The van der Waals surface area contributed by atoms with Gasteiger partial charge >= 0.3 is 0 Å². The highest BCUT2D eigenvalue weighted by Gasteiger charge is 2.73. The molecule has 6 rings (SSSR count). The van der Waals surface area contributed by atoms with Crippen molar-refractivity contribution in [3.05, 3.63) is 54.2 Å². The predicted octanol–water partition coefficient (Wildman–Crippen LogP) is 3.45. The molecule has 2 aliphatic carbocycles. The maximum absolute atomic E-state index is 13.2. The summed E-state index contributed by atoms with van der Waals surface area (Å²) in [5.41, 5.74) is -1.20. The number of hydrogen-bond acceptors (Lipinski definition) is 8. The van der Waals surface area contributed by atoms with Gasteiger partial charge in [0.2, 0.25) is 5.91 Å². The normalized spacial score (nSPS) is 32.3. The number of halogens is 1. The molecule has 1 spiro atoms. The van der Waals surface area contributed by atoms with Crippen LogP contribution < -0.4 is 4.74 Å². The first-order valence-electron chi connectivity index (χ1n) is 11.9. The van der Waals surface area contributed by atoms with Gasteiger partial charge in [-0.1, -0.05) is 0 Å². The molecule has 0 radical (unpaired) electrons. The molecule has 1 aromatic heterocycles. The molecule has 1 saturated carbocycles. The van der Waals surface area contributed by atoms with Crippen molar-refractivity contribution in [2.24, 2.45) is 0 Å². The Morgan fingerprint density at radius 3 is 2.89 bits per heavy atom. The van der Waals surface area contributed by atoms with Crippen molar-refractivity contribution in [1.82, 2.24) is 9.80 Å². The monoisotopic (exact) mass is 575 g/mol. The van der Waals surface area contributed by atoms with Crippen LogP contribution >= 0.6 is 27.3 Å². The summed E-state index contributed by atoms with van der Waals surface area (Å²) in [4.78, 5) is 29.4. The van der Waals surface area contributed by atoms with Crippen LogP contribution in [0.4, 0.5) is 5.69 Å². The molecule has 9 nitrogen and oxygen atoms in total. The first-order chi connectivity index (χ1) is 17.1. The van der Waals surface area contributed by atoms with Gasteiger partial charge < -0.3 is 24.7 Å². The zero-order valence-electron chi connectivity index (χ0n) is 19.8. The average molecular weight is 576 g/mol. The van der Waals surface area contributed by atoms with Crippen LogP contribution in [0.3, 0.4) is 0 Å². The standard InChI is InChI=1S/C25H26BrN3O6S/c1-27-8-7-24-21-15-10-19(27)25(24,32)6-5-16(23(24)35-22(21)18(30)11-17(15)29(33)34)28(2)20(31)4-3-14-9-13(26)12-36-14/h3-4,9,11-12,16,19,23,30,32H,5-8,10H2,1-2H3/b4-3+/t16-,19+,23-,24-,25+/m0/s1. The van der Waals surface area contributed by atoms with Gasteiger partial charge in [-0.25, -0.2) is 0 Å². The Labute approximate surface area is 220 Å². The van der Waals surface area contributed by atoms with Gasteiger partial charge in [-0.2, -0.15) is 0 Å². The number of piperidine rings is 1. The van der Waals surface area contributed by atoms with Crippen molar-refractivity contribution < 1.29 is 24.7 Å². The van der Waals surface area contributed by atoms with Gasteiger partial charge in [-0.05, 0) is 67.3 Å². The van der Waals surface area contributed by atoms with Crippen LogP contribution in [0.1, 0.15) is 35.3 Å². The average Bonchev–Trinajstić information content (AvgIpc) is 3.41. The molecule has 0 unspecified atom stereocenters. The summed E-state index contributed by atoms with van der Waals surface area (Å²) in [6.45, 7) is 0.673. The lowest BCUT2D eigenvalue weighted by atomic mass is 9.48. The third kappa shape index (κ3) is 3.03. The molecule has 2 bridgehead atoms. The number of benzene rings is 1. The van der Waals surface area contributed by atoms with Crippen LogP contribution in [0, 0.1) is 10.1 Å². The lowest BCUT2D eigenvalue weighted by Gasteiger charge is -2.64. The highest BCUT2D eigenvalue weighted by atomic mass is 79.9. The van der Waals surface area contributed by atoms with Gasteiger partial charge in [0.25, 0.3) is 5.69 Å². The number of thiophene rings is 1. The van der Waals surface area contributed by atoms with Crippen molar-refractivity contribution in [1.29, 1.82) is 0 Å². The smallest absolute Gasteiger partial charge is 0.276 e. The third-order valence-corrected chi connectivity index (χ3v) is 10.5. The minimum atomic E-state index is -1.19. The fraction of sp³-hybridized carbons (Fsp3) is 0.480. The molecule has 5 atom stereocenters. The first kappa shape index (κ1) is 23.9. The number of aliphatic hydroxyl groups is 1. The summed E-state index contributed by atoms with van der Waals surface area (Å²) < 4.78 is 7.37. The second kappa shape index (κ2) is 8.01. The second-order valence-corrected chi connectivity index (χ2v) is 12.2. The van der Waals surface area contributed by atoms with Gasteiger partial charge in [0.15, 0.2) is 11.5 Å². The van der Waals surface area contributed by atoms with Crippen molar-refractivity contribution in [3.8, 4) is 11.5 Å². The topological polar surface area (TPSA) is 116 Å². The van der Waals surface area contributed by atoms with Crippen molar-refractivity contribution in [2.45, 2.75) is 54.9 Å². The molecule has 190 valence electrons. The number of phenols is 1. The van der Waals surface area contributed by atoms with Gasteiger partial charge in [0.05, 0.1) is 28.0 Å². The van der Waals surface area contributed by atoms with Crippen LogP contribution in [-0.2, 0) is 16.6 Å². The summed E-state index contributed by atoms with van der Waals surface area (Å²) in [5, 5.41) is 37.0. The molecular weight excluding hydrogens is 550 g/mol. The summed E-state index contributed by atoms with van der Waals surface area (Å²) in [6.07, 6.45) is 4.43. The van der Waals surface area contributed by atoms with E-state index in [-0.39, 0.29) is 35.2 Å². The number of hydrogen-bond donors (Lipinski definition) is 2. The molecule has 2 aromatic rings. The van der Waals surface area contributed by atoms with Crippen LogP contribution in [0.25, 0.3) is 6.08 Å². The molecule has 2 aliphatic heterocycles. The predicted molar refractivity (Wildman–Crippen MR) is 137 cm³/mol. The number of nitro benzene ring substituents is 1. The molecule has 36 heavy (non-hydrogen) atoms. The molecule has 1 saturated heterocycles. The van der Waals surface area contributed by atoms with Crippen LogP contribution in [0.2, 0.25) is 0 Å². The summed E-state index contributed by atoms with van der Waals surface area (Å²) >= 11 is 4.94. The van der Waals surface area contributed by atoms with E-state index in [2.05, 4.69) is 20.8 Å². The quantitative estimate of drug-likeness (QED) is 0.326. The lowest BCUT2D eigenvalue weighted by molar-refractivity contribution is -0.386. The summed E-state index contributed by atoms with van der Waals surface area (Å²) in [6, 6.07) is 2.40.